The average Bonchev–Trinajstić information content (AvgIpc) is 2.99. The van der Waals surface area contributed by atoms with Crippen LogP contribution in [0.25, 0.3) is 0 Å². The zero-order valence-electron chi connectivity index (χ0n) is 11.9. The number of fused-ring (bicyclic) bond motifs is 1. The lowest BCUT2D eigenvalue weighted by Crippen LogP contribution is -2.04. The van der Waals surface area contributed by atoms with Gasteiger partial charge in [-0.3, -0.25) is 0 Å². The number of carbonyl (C=O) groups excluding carboxylic acids is 1. The molecule has 3 rings (SSSR count). The van der Waals surface area contributed by atoms with Crippen LogP contribution in [0.5, 0.6) is 11.5 Å². The highest BCUT2D eigenvalue weighted by atomic mass is 79.9. The van der Waals surface area contributed by atoms with Crippen LogP contribution in [-0.4, -0.2) is 19.9 Å². The van der Waals surface area contributed by atoms with Gasteiger partial charge in [0.1, 0.15) is 0 Å². The fourth-order valence-corrected chi connectivity index (χ4v) is 2.63. The van der Waals surface area contributed by atoms with Crippen molar-refractivity contribution >= 4 is 27.6 Å². The molecule has 0 fully saturated rings. The van der Waals surface area contributed by atoms with Crippen molar-refractivity contribution in [2.24, 2.45) is 0 Å². The minimum atomic E-state index is -0.354. The van der Waals surface area contributed by atoms with Gasteiger partial charge in [0, 0.05) is 16.7 Å². The number of esters is 1. The van der Waals surface area contributed by atoms with E-state index in [1.54, 1.807) is 12.1 Å². The van der Waals surface area contributed by atoms with Gasteiger partial charge < -0.3 is 19.5 Å². The topological polar surface area (TPSA) is 56.8 Å². The molecule has 0 atom stereocenters. The quantitative estimate of drug-likeness (QED) is 0.841. The van der Waals surface area contributed by atoms with Gasteiger partial charge in [-0.1, -0.05) is 22.0 Å². The molecule has 0 aromatic heterocycles. The Labute approximate surface area is 136 Å². The molecule has 1 aliphatic rings. The predicted octanol–water partition coefficient (Wildman–Crippen LogP) is 3.58. The molecule has 5 nitrogen and oxygen atoms in total. The second-order valence-electron chi connectivity index (χ2n) is 4.72. The molecular weight excluding hydrogens is 350 g/mol. The van der Waals surface area contributed by atoms with Crippen molar-refractivity contribution in [1.29, 1.82) is 0 Å². The number of nitrogens with one attached hydrogen (secondary N) is 1. The SMILES string of the molecule is COC(=O)c1cccc(NCc2cc3c(cc2Br)OCO3)c1. The molecule has 2 aromatic carbocycles. The Balaban J connectivity index is 1.74. The summed E-state index contributed by atoms with van der Waals surface area (Å²) < 4.78 is 16.4. The second kappa shape index (κ2) is 6.27. The van der Waals surface area contributed by atoms with Crippen molar-refractivity contribution in [3.05, 3.63) is 52.0 Å². The molecule has 6 heteroatoms. The lowest BCUT2D eigenvalue weighted by atomic mass is 10.1. The van der Waals surface area contributed by atoms with Gasteiger partial charge in [-0.05, 0) is 35.9 Å². The molecule has 0 spiro atoms. The van der Waals surface area contributed by atoms with E-state index in [-0.39, 0.29) is 12.8 Å². The summed E-state index contributed by atoms with van der Waals surface area (Å²) in [6.45, 7) is 0.835. The first-order valence-electron chi connectivity index (χ1n) is 6.67. The predicted molar refractivity (Wildman–Crippen MR) is 85.4 cm³/mol. The van der Waals surface area contributed by atoms with Crippen LogP contribution in [0.3, 0.4) is 0 Å². The maximum absolute atomic E-state index is 11.5. The number of methoxy groups -OCH3 is 1. The Morgan fingerprint density at radius 2 is 2.05 bits per heavy atom. The summed E-state index contributed by atoms with van der Waals surface area (Å²) in [5.41, 5.74) is 2.39. The monoisotopic (exact) mass is 363 g/mol. The molecule has 0 saturated heterocycles. The van der Waals surface area contributed by atoms with E-state index in [0.717, 1.165) is 27.2 Å². The third kappa shape index (κ3) is 3.01. The van der Waals surface area contributed by atoms with E-state index in [1.165, 1.54) is 7.11 Å². The number of rotatable bonds is 4. The van der Waals surface area contributed by atoms with Gasteiger partial charge in [-0.2, -0.15) is 0 Å². The van der Waals surface area contributed by atoms with Crippen molar-refractivity contribution < 1.29 is 19.0 Å². The summed E-state index contributed by atoms with van der Waals surface area (Å²) in [5, 5.41) is 3.28. The van der Waals surface area contributed by atoms with Crippen LogP contribution in [0.15, 0.2) is 40.9 Å². The van der Waals surface area contributed by atoms with Crippen molar-refractivity contribution in [3.63, 3.8) is 0 Å². The fraction of sp³-hybridized carbons (Fsp3) is 0.188. The highest BCUT2D eigenvalue weighted by Gasteiger charge is 2.16. The van der Waals surface area contributed by atoms with Crippen molar-refractivity contribution in [2.75, 3.05) is 19.2 Å². The third-order valence-electron chi connectivity index (χ3n) is 3.31. The lowest BCUT2D eigenvalue weighted by Gasteiger charge is -2.10. The maximum Gasteiger partial charge on any atom is 0.337 e. The molecule has 0 radical (unpaired) electrons. The van der Waals surface area contributed by atoms with Gasteiger partial charge in [0.05, 0.1) is 12.7 Å². The summed E-state index contributed by atoms with van der Waals surface area (Å²) in [4.78, 5) is 11.5. The zero-order chi connectivity index (χ0) is 15.5. The van der Waals surface area contributed by atoms with Gasteiger partial charge in [0.25, 0.3) is 0 Å². The molecule has 22 heavy (non-hydrogen) atoms. The number of hydrogen-bond acceptors (Lipinski definition) is 5. The molecule has 1 heterocycles. The van der Waals surface area contributed by atoms with Crippen molar-refractivity contribution in [1.82, 2.24) is 0 Å². The maximum atomic E-state index is 11.5. The highest BCUT2D eigenvalue weighted by molar-refractivity contribution is 9.10. The first kappa shape index (κ1) is 14.7. The van der Waals surface area contributed by atoms with Crippen LogP contribution < -0.4 is 14.8 Å². The Bertz CT molecular complexity index is 717. The average molecular weight is 364 g/mol. The first-order valence-corrected chi connectivity index (χ1v) is 7.47. The largest absolute Gasteiger partial charge is 0.465 e. The molecule has 0 aliphatic carbocycles. The van der Waals surface area contributed by atoms with E-state index in [2.05, 4.69) is 21.2 Å². The van der Waals surface area contributed by atoms with E-state index in [1.807, 2.05) is 24.3 Å². The minimum Gasteiger partial charge on any atom is -0.465 e. The number of ether oxygens (including phenoxy) is 3. The molecular formula is C16H14BrNO4. The number of hydrogen-bond donors (Lipinski definition) is 1. The van der Waals surface area contributed by atoms with Crippen molar-refractivity contribution in [3.8, 4) is 11.5 Å². The standard InChI is InChI=1S/C16H14BrNO4/c1-20-16(19)10-3-2-4-12(5-10)18-8-11-6-14-15(7-13(11)17)22-9-21-14/h2-7,18H,8-9H2,1H3. The minimum absolute atomic E-state index is 0.250. The van der Waals surface area contributed by atoms with Crippen LogP contribution >= 0.6 is 15.9 Å². The lowest BCUT2D eigenvalue weighted by molar-refractivity contribution is 0.0601. The fourth-order valence-electron chi connectivity index (χ4n) is 2.17. The summed E-state index contributed by atoms with van der Waals surface area (Å²) in [7, 11) is 1.37. The molecule has 1 aliphatic heterocycles. The normalized spacial score (nSPS) is 12.1. The van der Waals surface area contributed by atoms with E-state index < -0.39 is 0 Å². The van der Waals surface area contributed by atoms with Crippen LogP contribution in [0.2, 0.25) is 0 Å². The number of anilines is 1. The first-order chi connectivity index (χ1) is 10.7. The van der Waals surface area contributed by atoms with Gasteiger partial charge in [0.15, 0.2) is 11.5 Å². The van der Waals surface area contributed by atoms with Gasteiger partial charge >= 0.3 is 5.97 Å². The summed E-state index contributed by atoms with van der Waals surface area (Å²) in [6, 6.07) is 11.0. The van der Waals surface area contributed by atoms with Crippen LogP contribution in [0.4, 0.5) is 5.69 Å². The summed E-state index contributed by atoms with van der Waals surface area (Å²) >= 11 is 3.52. The second-order valence-corrected chi connectivity index (χ2v) is 5.58. The van der Waals surface area contributed by atoms with Gasteiger partial charge in [0.2, 0.25) is 6.79 Å². The van der Waals surface area contributed by atoms with E-state index in [0.29, 0.717) is 12.1 Å². The van der Waals surface area contributed by atoms with E-state index >= 15 is 0 Å². The smallest absolute Gasteiger partial charge is 0.337 e. The number of carbonyl (C=O) groups is 1. The molecule has 114 valence electrons. The Morgan fingerprint density at radius 1 is 1.27 bits per heavy atom. The van der Waals surface area contributed by atoms with E-state index in [9.17, 15) is 4.79 Å². The molecule has 0 saturated carbocycles. The summed E-state index contributed by atoms with van der Waals surface area (Å²) in [6.07, 6.45) is 0. The summed E-state index contributed by atoms with van der Waals surface area (Å²) in [5.74, 6) is 1.12. The Kier molecular flexibility index (Phi) is 4.20. The van der Waals surface area contributed by atoms with Gasteiger partial charge in [-0.15, -0.1) is 0 Å². The highest BCUT2D eigenvalue weighted by Crippen LogP contribution is 2.37. The Morgan fingerprint density at radius 3 is 2.82 bits per heavy atom. The van der Waals surface area contributed by atoms with Gasteiger partial charge in [-0.25, -0.2) is 4.79 Å². The molecule has 0 amide bonds. The number of benzene rings is 2. The van der Waals surface area contributed by atoms with Crippen LogP contribution in [-0.2, 0) is 11.3 Å². The zero-order valence-corrected chi connectivity index (χ0v) is 13.5. The number of halogens is 1. The molecule has 1 N–H and O–H groups in total. The molecule has 2 aromatic rings. The van der Waals surface area contributed by atoms with Crippen molar-refractivity contribution in [2.45, 2.75) is 6.54 Å². The van der Waals surface area contributed by atoms with Crippen LogP contribution in [0.1, 0.15) is 15.9 Å². The van der Waals surface area contributed by atoms with E-state index in [4.69, 9.17) is 14.2 Å². The van der Waals surface area contributed by atoms with Crippen LogP contribution in [0, 0.1) is 0 Å². The third-order valence-corrected chi connectivity index (χ3v) is 4.05. The molecule has 0 bridgehead atoms. The Hall–Kier alpha value is -2.21. The molecule has 0 unspecified atom stereocenters.